The van der Waals surface area contributed by atoms with Gasteiger partial charge in [0, 0.05) is 0 Å². The molecule has 0 unspecified atom stereocenters. The molecule has 0 radical (unpaired) electrons. The van der Waals surface area contributed by atoms with Crippen molar-refractivity contribution in [3.8, 4) is 0 Å². The van der Waals surface area contributed by atoms with E-state index in [2.05, 4.69) is 22.2 Å². The van der Waals surface area contributed by atoms with E-state index >= 15 is 0 Å². The Morgan fingerprint density at radius 3 is 1.89 bits per heavy atom. The molecule has 0 amide bonds. The van der Waals surface area contributed by atoms with Crippen LogP contribution in [0.5, 0.6) is 0 Å². The highest BCUT2D eigenvalue weighted by Gasteiger charge is 2.03. The van der Waals surface area contributed by atoms with Crippen LogP contribution in [0, 0.1) is 0 Å². The average Bonchev–Trinajstić information content (AvgIpc) is 1.64. The highest BCUT2D eigenvalue weighted by atomic mass is 31.2. The SMILES string of the molecule is C=COP(=O)([O-])OC=C. The van der Waals surface area contributed by atoms with Crippen molar-refractivity contribution in [1.82, 2.24) is 0 Å². The Bertz CT molecular complexity index is 139. The van der Waals surface area contributed by atoms with Gasteiger partial charge in [-0.05, 0) is 0 Å². The summed E-state index contributed by atoms with van der Waals surface area (Å²) in [6, 6.07) is 0. The molecular formula is C4H6O4P-. The van der Waals surface area contributed by atoms with E-state index in [1.54, 1.807) is 0 Å². The molecule has 0 bridgehead atoms. The van der Waals surface area contributed by atoms with Gasteiger partial charge in [-0.2, -0.15) is 0 Å². The van der Waals surface area contributed by atoms with Gasteiger partial charge in [-0.15, -0.1) is 0 Å². The Balaban J connectivity index is 3.85. The zero-order chi connectivity index (χ0) is 7.33. The zero-order valence-electron chi connectivity index (χ0n) is 4.65. The minimum Gasteiger partial charge on any atom is -0.736 e. The molecule has 0 saturated carbocycles. The van der Waals surface area contributed by atoms with Crippen molar-refractivity contribution in [2.45, 2.75) is 0 Å². The Kier molecular flexibility index (Phi) is 3.06. The molecule has 0 saturated heterocycles. The molecule has 5 heteroatoms. The standard InChI is InChI=1S/C4H7O4P/c1-3-7-9(5,6)8-4-2/h3-4H,1-2H2,(H,5,6)/p-1. The maximum Gasteiger partial charge on any atom is 0.371 e. The minimum absolute atomic E-state index is 0.761. The van der Waals surface area contributed by atoms with Crippen LogP contribution in [0.1, 0.15) is 0 Å². The smallest absolute Gasteiger partial charge is 0.371 e. The van der Waals surface area contributed by atoms with Crippen molar-refractivity contribution < 1.29 is 18.5 Å². The Labute approximate surface area is 53.0 Å². The summed E-state index contributed by atoms with van der Waals surface area (Å²) in [5.41, 5.74) is 0. The molecule has 9 heavy (non-hydrogen) atoms. The molecule has 0 aliphatic rings. The monoisotopic (exact) mass is 149 g/mol. The zero-order valence-corrected chi connectivity index (χ0v) is 5.54. The number of rotatable bonds is 4. The molecule has 0 aromatic rings. The molecule has 0 aliphatic carbocycles. The largest absolute Gasteiger partial charge is 0.736 e. The topological polar surface area (TPSA) is 58.6 Å². The lowest BCUT2D eigenvalue weighted by Gasteiger charge is -2.18. The summed E-state index contributed by atoms with van der Waals surface area (Å²) in [4.78, 5) is 10.3. The highest BCUT2D eigenvalue weighted by Crippen LogP contribution is 2.38. The van der Waals surface area contributed by atoms with Crippen LogP contribution in [0.15, 0.2) is 25.7 Å². The molecule has 0 aliphatic heterocycles. The second kappa shape index (κ2) is 3.33. The summed E-state index contributed by atoms with van der Waals surface area (Å²) in [6.45, 7) is 6.04. The Morgan fingerprint density at radius 1 is 1.33 bits per heavy atom. The molecule has 0 N–H and O–H groups in total. The van der Waals surface area contributed by atoms with Crippen LogP contribution in [-0.4, -0.2) is 0 Å². The summed E-state index contributed by atoms with van der Waals surface area (Å²) < 4.78 is 18.2. The van der Waals surface area contributed by atoms with Gasteiger partial charge < -0.3 is 13.9 Å². The van der Waals surface area contributed by atoms with Crippen LogP contribution in [0.2, 0.25) is 0 Å². The van der Waals surface area contributed by atoms with Gasteiger partial charge in [-0.3, -0.25) is 0 Å². The molecular weight excluding hydrogens is 143 g/mol. The first-order valence-corrected chi connectivity index (χ1v) is 3.48. The maximum atomic E-state index is 10.3. The Morgan fingerprint density at radius 2 is 1.67 bits per heavy atom. The quantitative estimate of drug-likeness (QED) is 0.437. The van der Waals surface area contributed by atoms with Gasteiger partial charge in [0.25, 0.3) is 0 Å². The van der Waals surface area contributed by atoms with Gasteiger partial charge in [0.2, 0.25) is 0 Å². The second-order valence-electron chi connectivity index (χ2n) is 0.991. The van der Waals surface area contributed by atoms with Crippen molar-refractivity contribution in [2.75, 3.05) is 0 Å². The molecule has 0 spiro atoms. The average molecular weight is 149 g/mol. The number of phosphoric ester groups is 1. The van der Waals surface area contributed by atoms with Crippen LogP contribution in [-0.2, 0) is 13.6 Å². The molecule has 0 atom stereocenters. The molecule has 4 nitrogen and oxygen atoms in total. The fraction of sp³-hybridized carbons (Fsp3) is 0. The van der Waals surface area contributed by atoms with Gasteiger partial charge >= 0.3 is 7.82 Å². The van der Waals surface area contributed by atoms with Gasteiger partial charge in [-0.25, -0.2) is 4.57 Å². The predicted octanol–water partition coefficient (Wildman–Crippen LogP) is 0.775. The summed E-state index contributed by atoms with van der Waals surface area (Å²) in [7, 11) is -4.18. The molecule has 0 heterocycles. The van der Waals surface area contributed by atoms with Crippen LogP contribution >= 0.6 is 7.82 Å². The third-order valence-electron chi connectivity index (χ3n) is 0.407. The first-order valence-electron chi connectivity index (χ1n) is 2.02. The second-order valence-corrected chi connectivity index (χ2v) is 2.31. The van der Waals surface area contributed by atoms with Crippen molar-refractivity contribution in [2.24, 2.45) is 0 Å². The van der Waals surface area contributed by atoms with Gasteiger partial charge in [-0.1, -0.05) is 13.2 Å². The van der Waals surface area contributed by atoms with Crippen LogP contribution in [0.25, 0.3) is 0 Å². The van der Waals surface area contributed by atoms with Gasteiger partial charge in [0.1, 0.15) is 0 Å². The Hall–Kier alpha value is -0.730. The summed E-state index contributed by atoms with van der Waals surface area (Å²) in [6.07, 6.45) is 1.52. The normalized spacial score (nSPS) is 9.89. The minimum atomic E-state index is -4.18. The van der Waals surface area contributed by atoms with E-state index in [1.807, 2.05) is 0 Å². The fourth-order valence-electron chi connectivity index (χ4n) is 0.207. The fourth-order valence-corrected chi connectivity index (χ4v) is 0.622. The van der Waals surface area contributed by atoms with Crippen molar-refractivity contribution in [3.63, 3.8) is 0 Å². The molecule has 0 rings (SSSR count). The van der Waals surface area contributed by atoms with Gasteiger partial charge in [0.05, 0.1) is 12.5 Å². The summed E-state index contributed by atoms with van der Waals surface area (Å²) in [5, 5.41) is 0. The van der Waals surface area contributed by atoms with Crippen LogP contribution in [0.3, 0.4) is 0 Å². The lowest BCUT2D eigenvalue weighted by molar-refractivity contribution is -0.215. The van der Waals surface area contributed by atoms with Crippen molar-refractivity contribution >= 4 is 7.82 Å². The van der Waals surface area contributed by atoms with E-state index in [0.29, 0.717) is 0 Å². The highest BCUT2D eigenvalue weighted by molar-refractivity contribution is 7.46. The molecule has 52 valence electrons. The molecule has 0 fully saturated rings. The van der Waals surface area contributed by atoms with Crippen LogP contribution < -0.4 is 4.89 Å². The third-order valence-corrected chi connectivity index (χ3v) is 1.22. The number of hydrogen-bond donors (Lipinski definition) is 0. The number of hydrogen-bond acceptors (Lipinski definition) is 4. The molecule has 0 aromatic heterocycles. The van der Waals surface area contributed by atoms with Crippen molar-refractivity contribution in [1.29, 1.82) is 0 Å². The third kappa shape index (κ3) is 3.82. The maximum absolute atomic E-state index is 10.3. The number of phosphoric acid groups is 1. The summed E-state index contributed by atoms with van der Waals surface area (Å²) in [5.74, 6) is 0. The van der Waals surface area contributed by atoms with E-state index < -0.39 is 7.82 Å². The van der Waals surface area contributed by atoms with Crippen LogP contribution in [0.4, 0.5) is 0 Å². The van der Waals surface area contributed by atoms with E-state index in [1.165, 1.54) is 0 Å². The first kappa shape index (κ1) is 8.27. The van der Waals surface area contributed by atoms with E-state index in [4.69, 9.17) is 0 Å². The van der Waals surface area contributed by atoms with E-state index in [9.17, 15) is 9.46 Å². The van der Waals surface area contributed by atoms with Gasteiger partial charge in [0.15, 0.2) is 0 Å². The molecule has 0 aromatic carbocycles. The predicted molar refractivity (Wildman–Crippen MR) is 30.2 cm³/mol. The lowest BCUT2D eigenvalue weighted by atomic mass is 11.2. The van der Waals surface area contributed by atoms with E-state index in [0.717, 1.165) is 12.5 Å². The summed E-state index contributed by atoms with van der Waals surface area (Å²) >= 11 is 0. The van der Waals surface area contributed by atoms with Crippen molar-refractivity contribution in [3.05, 3.63) is 25.7 Å². The van der Waals surface area contributed by atoms with E-state index in [-0.39, 0.29) is 0 Å². The first-order chi connectivity index (χ1) is 4.12. The lowest BCUT2D eigenvalue weighted by Crippen LogP contribution is -2.01.